The van der Waals surface area contributed by atoms with Crippen molar-refractivity contribution >= 4 is 51.7 Å². The quantitative estimate of drug-likeness (QED) is 0.168. The summed E-state index contributed by atoms with van der Waals surface area (Å²) in [7, 11) is 0. The molecule has 0 saturated heterocycles. The molecule has 0 aliphatic rings. The fourth-order valence-electron chi connectivity index (χ4n) is 3.49. The zero-order valence-electron chi connectivity index (χ0n) is 21.2. The minimum absolute atomic E-state index is 0.0539. The first-order valence-corrected chi connectivity index (χ1v) is 14.0. The lowest BCUT2D eigenvalue weighted by Crippen LogP contribution is -2.20. The molecule has 2 amide bonds. The summed E-state index contributed by atoms with van der Waals surface area (Å²) in [5.41, 5.74) is 2.00. The van der Waals surface area contributed by atoms with Crippen LogP contribution in [0.4, 0.5) is 10.8 Å². The lowest BCUT2D eigenvalue weighted by molar-refractivity contribution is -0.142. The second kappa shape index (κ2) is 14.1. The van der Waals surface area contributed by atoms with Crippen LogP contribution < -0.4 is 15.4 Å². The average Bonchev–Trinajstić information content (AvgIpc) is 3.38. The fraction of sp³-hybridized carbons (Fsp3) is 0.172. The first kappa shape index (κ1) is 27.9. The highest BCUT2D eigenvalue weighted by Gasteiger charge is 2.23. The third-order valence-electron chi connectivity index (χ3n) is 5.26. The molecule has 0 aliphatic carbocycles. The molecule has 0 bridgehead atoms. The molecule has 0 aliphatic heterocycles. The number of carbonyl (C=O) groups is 3. The highest BCUT2D eigenvalue weighted by molar-refractivity contribution is 8.00. The van der Waals surface area contributed by atoms with Crippen molar-refractivity contribution in [1.29, 1.82) is 0 Å². The van der Waals surface area contributed by atoms with Crippen molar-refractivity contribution < 1.29 is 23.9 Å². The van der Waals surface area contributed by atoms with E-state index >= 15 is 0 Å². The Morgan fingerprint density at radius 1 is 0.923 bits per heavy atom. The largest absolute Gasteiger partial charge is 0.484 e. The van der Waals surface area contributed by atoms with Crippen LogP contribution in [-0.2, 0) is 25.5 Å². The molecule has 2 N–H and O–H groups in total. The van der Waals surface area contributed by atoms with Gasteiger partial charge in [-0.2, -0.15) is 0 Å². The Balaban J connectivity index is 1.38. The monoisotopic (exact) mass is 561 g/mol. The number of esters is 1. The van der Waals surface area contributed by atoms with Gasteiger partial charge < -0.3 is 20.1 Å². The van der Waals surface area contributed by atoms with E-state index in [-0.39, 0.29) is 30.8 Å². The van der Waals surface area contributed by atoms with Gasteiger partial charge in [0.1, 0.15) is 11.0 Å². The van der Waals surface area contributed by atoms with Crippen LogP contribution in [0.3, 0.4) is 0 Å². The predicted octanol–water partition coefficient (Wildman–Crippen LogP) is 5.74. The summed E-state index contributed by atoms with van der Waals surface area (Å²) in [4.78, 5) is 42.5. The Morgan fingerprint density at radius 2 is 1.62 bits per heavy atom. The number of hydrogen-bond acceptors (Lipinski definition) is 8. The lowest BCUT2D eigenvalue weighted by Gasteiger charge is -2.16. The van der Waals surface area contributed by atoms with E-state index in [9.17, 15) is 14.4 Å². The number of thioether (sulfide) groups is 1. The van der Waals surface area contributed by atoms with Crippen LogP contribution in [0.2, 0.25) is 0 Å². The van der Waals surface area contributed by atoms with E-state index in [0.717, 1.165) is 10.5 Å². The first-order valence-electron chi connectivity index (χ1n) is 12.2. The Bertz CT molecular complexity index is 1380. The summed E-state index contributed by atoms with van der Waals surface area (Å²) in [5, 5.41) is 7.28. The number of benzene rings is 3. The molecule has 8 nitrogen and oxygen atoms in total. The zero-order valence-corrected chi connectivity index (χ0v) is 22.8. The smallest absolute Gasteiger partial charge is 0.311 e. The van der Waals surface area contributed by atoms with Gasteiger partial charge >= 0.3 is 5.97 Å². The molecule has 3 aromatic carbocycles. The summed E-state index contributed by atoms with van der Waals surface area (Å²) in [6, 6.07) is 25.8. The van der Waals surface area contributed by atoms with E-state index in [1.54, 1.807) is 36.6 Å². The van der Waals surface area contributed by atoms with Crippen LogP contribution in [0.1, 0.15) is 23.4 Å². The van der Waals surface area contributed by atoms with Crippen molar-refractivity contribution in [1.82, 2.24) is 4.98 Å². The van der Waals surface area contributed by atoms with Crippen molar-refractivity contribution in [2.45, 2.75) is 23.5 Å². The van der Waals surface area contributed by atoms with Crippen LogP contribution >= 0.6 is 23.1 Å². The van der Waals surface area contributed by atoms with Gasteiger partial charge in [0.15, 0.2) is 11.7 Å². The topological polar surface area (TPSA) is 107 Å². The summed E-state index contributed by atoms with van der Waals surface area (Å²) in [6.45, 7) is 1.95. The number of thiazole rings is 1. The summed E-state index contributed by atoms with van der Waals surface area (Å²) in [6.07, 6.45) is 0.0539. The van der Waals surface area contributed by atoms with Crippen LogP contribution in [0, 0.1) is 0 Å². The number of rotatable bonds is 12. The van der Waals surface area contributed by atoms with Gasteiger partial charge in [-0.3, -0.25) is 14.4 Å². The maximum atomic E-state index is 13.3. The lowest BCUT2D eigenvalue weighted by atomic mass is 10.1. The van der Waals surface area contributed by atoms with E-state index in [4.69, 9.17) is 9.47 Å². The van der Waals surface area contributed by atoms with Crippen molar-refractivity contribution in [2.75, 3.05) is 23.8 Å². The number of ether oxygens (including phenoxy) is 2. The van der Waals surface area contributed by atoms with Gasteiger partial charge in [-0.25, -0.2) is 4.98 Å². The van der Waals surface area contributed by atoms with Gasteiger partial charge in [0.05, 0.1) is 18.7 Å². The van der Waals surface area contributed by atoms with E-state index in [2.05, 4.69) is 15.6 Å². The summed E-state index contributed by atoms with van der Waals surface area (Å²) >= 11 is 2.64. The van der Waals surface area contributed by atoms with Gasteiger partial charge in [-0.1, -0.05) is 48.5 Å². The molecule has 200 valence electrons. The second-order valence-electron chi connectivity index (χ2n) is 8.20. The van der Waals surface area contributed by atoms with Crippen LogP contribution in [0.15, 0.2) is 95.2 Å². The Hall–Kier alpha value is -4.15. The molecule has 0 spiro atoms. The SMILES string of the molecule is CCOC(=O)Cc1csc(NC(=O)C(Sc2ccc(NC(=O)COc3ccccc3)cc2)c2ccccc2)n1. The molecule has 4 rings (SSSR count). The van der Waals surface area contributed by atoms with Gasteiger partial charge in [0.2, 0.25) is 5.91 Å². The minimum atomic E-state index is -0.552. The number of anilines is 2. The fourth-order valence-corrected chi connectivity index (χ4v) is 5.23. The first-order chi connectivity index (χ1) is 19.0. The molecule has 39 heavy (non-hydrogen) atoms. The van der Waals surface area contributed by atoms with E-state index in [0.29, 0.717) is 28.9 Å². The molecular formula is C29H27N3O5S2. The molecule has 1 atom stereocenters. The normalized spacial score (nSPS) is 11.3. The highest BCUT2D eigenvalue weighted by Crippen LogP contribution is 2.37. The van der Waals surface area contributed by atoms with Gasteiger partial charge in [0.25, 0.3) is 5.91 Å². The highest BCUT2D eigenvalue weighted by atomic mass is 32.2. The number of nitrogens with one attached hydrogen (secondary N) is 2. The minimum Gasteiger partial charge on any atom is -0.484 e. The van der Waals surface area contributed by atoms with Gasteiger partial charge in [-0.15, -0.1) is 23.1 Å². The van der Waals surface area contributed by atoms with Crippen LogP contribution in [0.5, 0.6) is 5.75 Å². The Morgan fingerprint density at radius 3 is 2.31 bits per heavy atom. The predicted molar refractivity (Wildman–Crippen MR) is 153 cm³/mol. The molecule has 1 unspecified atom stereocenters. The average molecular weight is 562 g/mol. The number of nitrogens with zero attached hydrogens (tertiary/aromatic N) is 1. The van der Waals surface area contributed by atoms with Crippen molar-refractivity contribution in [3.63, 3.8) is 0 Å². The summed E-state index contributed by atoms with van der Waals surface area (Å²) in [5.74, 6) is -0.246. The number of carbonyl (C=O) groups excluding carboxylic acids is 3. The number of amides is 2. The molecule has 1 heterocycles. The van der Waals surface area contributed by atoms with E-state index < -0.39 is 5.25 Å². The van der Waals surface area contributed by atoms with Crippen LogP contribution in [-0.4, -0.2) is 36.0 Å². The van der Waals surface area contributed by atoms with Crippen molar-refractivity contribution in [3.8, 4) is 5.75 Å². The zero-order chi connectivity index (χ0) is 27.5. The second-order valence-corrected chi connectivity index (χ2v) is 10.2. The standard InChI is InChI=1S/C29H27N3O5S2/c1-2-36-26(34)17-22-19-38-29(31-22)32-28(35)27(20-9-5-3-6-10-20)39-24-15-13-21(14-16-24)30-25(33)18-37-23-11-7-4-8-12-23/h3-16,19,27H,2,17-18H2,1H3,(H,30,33)(H,31,32,35). The van der Waals surface area contributed by atoms with Crippen molar-refractivity contribution in [2.24, 2.45) is 0 Å². The van der Waals surface area contributed by atoms with Gasteiger partial charge in [-0.05, 0) is 48.9 Å². The molecular weight excluding hydrogens is 534 g/mol. The Labute approximate surface area is 234 Å². The van der Waals surface area contributed by atoms with E-state index in [1.165, 1.54) is 23.1 Å². The molecule has 1 aromatic heterocycles. The molecule has 4 aromatic rings. The Kier molecular flexibility index (Phi) is 10.1. The maximum absolute atomic E-state index is 13.3. The number of aromatic nitrogens is 1. The van der Waals surface area contributed by atoms with E-state index in [1.807, 2.05) is 60.7 Å². The van der Waals surface area contributed by atoms with Crippen LogP contribution in [0.25, 0.3) is 0 Å². The van der Waals surface area contributed by atoms with Gasteiger partial charge in [0, 0.05) is 16.0 Å². The molecule has 10 heteroatoms. The molecule has 0 fully saturated rings. The van der Waals surface area contributed by atoms with Crippen molar-refractivity contribution in [3.05, 3.63) is 102 Å². The summed E-state index contributed by atoms with van der Waals surface area (Å²) < 4.78 is 10.4. The number of hydrogen-bond donors (Lipinski definition) is 2. The molecule has 0 saturated carbocycles. The third-order valence-corrected chi connectivity index (χ3v) is 7.33. The maximum Gasteiger partial charge on any atom is 0.311 e. The molecule has 0 radical (unpaired) electrons. The number of para-hydroxylation sites is 1. The third kappa shape index (κ3) is 8.69.